The molecule has 0 aromatic heterocycles. The fraction of sp³-hybridized carbons (Fsp3) is 0.571. The first-order valence-electron chi connectivity index (χ1n) is 6.35. The minimum atomic E-state index is 0.629. The van der Waals surface area contributed by atoms with E-state index in [0.29, 0.717) is 12.6 Å². The summed E-state index contributed by atoms with van der Waals surface area (Å²) in [7, 11) is 4.42. The highest BCUT2D eigenvalue weighted by molar-refractivity contribution is 5.23. The minimum Gasteiger partial charge on any atom is -0.326 e. The zero-order valence-electron chi connectivity index (χ0n) is 10.9. The monoisotopic (exact) mass is 233 g/mol. The Morgan fingerprint density at radius 2 is 2.18 bits per heavy atom. The van der Waals surface area contributed by atoms with Crippen molar-refractivity contribution < 1.29 is 0 Å². The maximum atomic E-state index is 5.67. The van der Waals surface area contributed by atoms with Crippen LogP contribution in [0.25, 0.3) is 0 Å². The average Bonchev–Trinajstić information content (AvgIpc) is 2.76. The summed E-state index contributed by atoms with van der Waals surface area (Å²) in [5.41, 5.74) is 8.26. The van der Waals surface area contributed by atoms with E-state index in [4.69, 9.17) is 5.73 Å². The van der Waals surface area contributed by atoms with E-state index < -0.39 is 0 Å². The molecule has 17 heavy (non-hydrogen) atoms. The largest absolute Gasteiger partial charge is 0.326 e. The molecule has 3 heteroatoms. The van der Waals surface area contributed by atoms with Gasteiger partial charge in [0, 0.05) is 25.7 Å². The van der Waals surface area contributed by atoms with Gasteiger partial charge in [0.05, 0.1) is 0 Å². The molecule has 1 unspecified atom stereocenters. The first kappa shape index (κ1) is 12.6. The summed E-state index contributed by atoms with van der Waals surface area (Å²) in [5.74, 6) is 0. The average molecular weight is 233 g/mol. The molecule has 0 bridgehead atoms. The van der Waals surface area contributed by atoms with Crippen LogP contribution in [0.3, 0.4) is 0 Å². The Morgan fingerprint density at radius 1 is 1.41 bits per heavy atom. The summed E-state index contributed by atoms with van der Waals surface area (Å²) in [4.78, 5) is 4.86. The van der Waals surface area contributed by atoms with Crippen molar-refractivity contribution in [1.29, 1.82) is 0 Å². The van der Waals surface area contributed by atoms with E-state index in [2.05, 4.69) is 48.2 Å². The van der Waals surface area contributed by atoms with Gasteiger partial charge in [-0.15, -0.1) is 0 Å². The highest BCUT2D eigenvalue weighted by Gasteiger charge is 2.22. The first-order valence-corrected chi connectivity index (χ1v) is 6.35. The molecule has 1 fully saturated rings. The number of nitrogens with zero attached hydrogens (tertiary/aromatic N) is 2. The van der Waals surface area contributed by atoms with E-state index in [9.17, 15) is 0 Å². The molecule has 0 spiro atoms. The number of rotatable bonds is 4. The van der Waals surface area contributed by atoms with Crippen LogP contribution in [0.2, 0.25) is 0 Å². The molecule has 1 heterocycles. The lowest BCUT2D eigenvalue weighted by Gasteiger charge is -2.24. The quantitative estimate of drug-likeness (QED) is 0.850. The molecule has 1 saturated heterocycles. The molecule has 0 aliphatic carbocycles. The maximum absolute atomic E-state index is 5.67. The van der Waals surface area contributed by atoms with Crippen molar-refractivity contribution in [3.8, 4) is 0 Å². The lowest BCUT2D eigenvalue weighted by atomic mass is 10.1. The van der Waals surface area contributed by atoms with E-state index >= 15 is 0 Å². The molecular formula is C14H23N3. The Kier molecular flexibility index (Phi) is 4.15. The summed E-state index contributed by atoms with van der Waals surface area (Å²) in [6.45, 7) is 4.06. The van der Waals surface area contributed by atoms with Gasteiger partial charge >= 0.3 is 0 Å². The number of benzene rings is 1. The highest BCUT2D eigenvalue weighted by atomic mass is 15.2. The fourth-order valence-electron chi connectivity index (χ4n) is 2.54. The van der Waals surface area contributed by atoms with Crippen LogP contribution in [0.4, 0.5) is 0 Å². The molecule has 2 N–H and O–H groups in total. The smallest absolute Gasteiger partial charge is 0.0235 e. The molecule has 2 rings (SSSR count). The van der Waals surface area contributed by atoms with Crippen molar-refractivity contribution in [3.63, 3.8) is 0 Å². The molecule has 0 saturated carbocycles. The topological polar surface area (TPSA) is 32.5 Å². The van der Waals surface area contributed by atoms with Crippen molar-refractivity contribution in [1.82, 2.24) is 9.80 Å². The second-order valence-corrected chi connectivity index (χ2v) is 5.14. The van der Waals surface area contributed by atoms with Gasteiger partial charge < -0.3 is 10.6 Å². The Bertz CT molecular complexity index is 364. The van der Waals surface area contributed by atoms with Crippen molar-refractivity contribution >= 4 is 0 Å². The van der Waals surface area contributed by atoms with Crippen molar-refractivity contribution in [2.45, 2.75) is 25.6 Å². The van der Waals surface area contributed by atoms with Gasteiger partial charge in [-0.1, -0.05) is 24.3 Å². The van der Waals surface area contributed by atoms with Crippen LogP contribution in [0.1, 0.15) is 17.5 Å². The Labute approximate surface area is 104 Å². The predicted octanol–water partition coefficient (Wildman–Crippen LogP) is 1.28. The van der Waals surface area contributed by atoms with Gasteiger partial charge in [-0.3, -0.25) is 4.90 Å². The van der Waals surface area contributed by atoms with Crippen LogP contribution in [-0.2, 0) is 13.1 Å². The first-order chi connectivity index (χ1) is 8.19. The SMILES string of the molecule is CN1CCC(N(C)Cc2cccc(CN)c2)C1. The molecule has 1 aromatic carbocycles. The van der Waals surface area contributed by atoms with Crippen LogP contribution in [0.15, 0.2) is 24.3 Å². The summed E-state index contributed by atoms with van der Waals surface area (Å²) >= 11 is 0. The highest BCUT2D eigenvalue weighted by Crippen LogP contribution is 2.15. The van der Waals surface area contributed by atoms with Gasteiger partial charge in [0.15, 0.2) is 0 Å². The van der Waals surface area contributed by atoms with Gasteiger partial charge in [-0.2, -0.15) is 0 Å². The fourth-order valence-corrected chi connectivity index (χ4v) is 2.54. The number of hydrogen-bond acceptors (Lipinski definition) is 3. The summed E-state index contributed by atoms with van der Waals surface area (Å²) in [6, 6.07) is 9.30. The third-order valence-electron chi connectivity index (χ3n) is 3.65. The lowest BCUT2D eigenvalue weighted by molar-refractivity contribution is 0.234. The Morgan fingerprint density at radius 3 is 2.82 bits per heavy atom. The van der Waals surface area contributed by atoms with E-state index in [0.717, 1.165) is 6.54 Å². The predicted molar refractivity (Wildman–Crippen MR) is 71.7 cm³/mol. The third-order valence-corrected chi connectivity index (χ3v) is 3.65. The second-order valence-electron chi connectivity index (χ2n) is 5.14. The molecule has 3 nitrogen and oxygen atoms in total. The number of likely N-dealkylation sites (N-methyl/N-ethyl adjacent to an activating group) is 2. The van der Waals surface area contributed by atoms with Crippen molar-refractivity contribution in [2.24, 2.45) is 5.73 Å². The molecule has 1 atom stereocenters. The second kappa shape index (κ2) is 5.63. The van der Waals surface area contributed by atoms with Crippen molar-refractivity contribution in [2.75, 3.05) is 27.2 Å². The molecule has 0 radical (unpaired) electrons. The Hall–Kier alpha value is -0.900. The lowest BCUT2D eigenvalue weighted by Crippen LogP contribution is -2.33. The van der Waals surface area contributed by atoms with Crippen LogP contribution < -0.4 is 5.73 Å². The van der Waals surface area contributed by atoms with E-state index in [1.54, 1.807) is 0 Å². The van der Waals surface area contributed by atoms with E-state index in [-0.39, 0.29) is 0 Å². The number of hydrogen-bond donors (Lipinski definition) is 1. The zero-order valence-corrected chi connectivity index (χ0v) is 10.9. The normalized spacial score (nSPS) is 21.3. The van der Waals surface area contributed by atoms with Gasteiger partial charge in [0.25, 0.3) is 0 Å². The third kappa shape index (κ3) is 3.28. The molecule has 1 aromatic rings. The number of likely N-dealkylation sites (tertiary alicyclic amines) is 1. The van der Waals surface area contributed by atoms with Crippen LogP contribution in [0, 0.1) is 0 Å². The molecule has 94 valence electrons. The van der Waals surface area contributed by atoms with Crippen LogP contribution in [0.5, 0.6) is 0 Å². The van der Waals surface area contributed by atoms with Crippen molar-refractivity contribution in [3.05, 3.63) is 35.4 Å². The summed E-state index contributed by atoms with van der Waals surface area (Å²) < 4.78 is 0. The molecule has 1 aliphatic heterocycles. The van der Waals surface area contributed by atoms with Gasteiger partial charge in [0.2, 0.25) is 0 Å². The zero-order chi connectivity index (χ0) is 12.3. The standard InChI is InChI=1S/C14H23N3/c1-16-7-6-14(11-16)17(2)10-13-5-3-4-12(8-13)9-15/h3-5,8,14H,6-7,9-11,15H2,1-2H3. The van der Waals surface area contributed by atoms with Crippen LogP contribution in [-0.4, -0.2) is 43.0 Å². The van der Waals surface area contributed by atoms with E-state index in [1.807, 2.05) is 0 Å². The number of nitrogens with two attached hydrogens (primary N) is 1. The van der Waals surface area contributed by atoms with Gasteiger partial charge in [0.1, 0.15) is 0 Å². The maximum Gasteiger partial charge on any atom is 0.0235 e. The van der Waals surface area contributed by atoms with Gasteiger partial charge in [-0.05, 0) is 38.2 Å². The molecule has 1 aliphatic rings. The van der Waals surface area contributed by atoms with Gasteiger partial charge in [-0.25, -0.2) is 0 Å². The molecular weight excluding hydrogens is 210 g/mol. The Balaban J connectivity index is 1.95. The van der Waals surface area contributed by atoms with E-state index in [1.165, 1.54) is 30.6 Å². The minimum absolute atomic E-state index is 0.629. The van der Waals surface area contributed by atoms with Crippen LogP contribution >= 0.6 is 0 Å². The summed E-state index contributed by atoms with van der Waals surface area (Å²) in [6.07, 6.45) is 1.28. The summed E-state index contributed by atoms with van der Waals surface area (Å²) in [5, 5.41) is 0. The molecule has 0 amide bonds.